The van der Waals surface area contributed by atoms with E-state index in [-0.39, 0.29) is 18.9 Å². The summed E-state index contributed by atoms with van der Waals surface area (Å²) in [7, 11) is 0. The lowest BCUT2D eigenvalue weighted by Crippen LogP contribution is -2.52. The molecule has 0 saturated carbocycles. The van der Waals surface area contributed by atoms with Crippen molar-refractivity contribution in [1.82, 2.24) is 15.2 Å². The molecule has 7 nitrogen and oxygen atoms in total. The van der Waals surface area contributed by atoms with Gasteiger partial charge in [-0.25, -0.2) is 9.37 Å². The average Bonchev–Trinajstić information content (AvgIpc) is 3.38. The third-order valence-electron chi connectivity index (χ3n) is 6.59. The average molecular weight is 515 g/mol. The van der Waals surface area contributed by atoms with Gasteiger partial charge in [0, 0.05) is 18.3 Å². The van der Waals surface area contributed by atoms with E-state index < -0.39 is 41.8 Å². The molecule has 0 radical (unpaired) electrons. The largest absolute Gasteiger partial charge is 0.402 e. The molecule has 1 saturated heterocycles. The number of ketones is 1. The summed E-state index contributed by atoms with van der Waals surface area (Å²) in [5, 5.41) is 2.89. The number of nitrogens with zero attached hydrogens (tertiary/aromatic N) is 2. The summed E-state index contributed by atoms with van der Waals surface area (Å²) < 4.78 is 14.9. The van der Waals surface area contributed by atoms with Crippen molar-refractivity contribution in [2.75, 3.05) is 6.54 Å². The number of hydrogen-bond acceptors (Lipinski definition) is 6. The van der Waals surface area contributed by atoms with Crippen LogP contribution in [-0.2, 0) is 14.4 Å². The van der Waals surface area contributed by atoms with Crippen molar-refractivity contribution in [2.24, 2.45) is 17.6 Å². The molecule has 0 spiro atoms. The Morgan fingerprint density at radius 2 is 1.94 bits per heavy atom. The SMILES string of the molecule is CC(N)=CC(=O)C(C(=O)N1CC[C@H](F)C1C(=O)NC(C)c1ccc(-c2scnc2C)cc1C)C(C)C. The summed E-state index contributed by atoms with van der Waals surface area (Å²) in [5.41, 5.74) is 11.6. The number of amides is 2. The van der Waals surface area contributed by atoms with Crippen LogP contribution in [0.5, 0.6) is 0 Å². The van der Waals surface area contributed by atoms with E-state index in [4.69, 9.17) is 5.73 Å². The molecule has 194 valence electrons. The van der Waals surface area contributed by atoms with Crippen molar-refractivity contribution < 1.29 is 18.8 Å². The molecule has 1 aliphatic rings. The van der Waals surface area contributed by atoms with Crippen LogP contribution in [0.25, 0.3) is 10.4 Å². The highest BCUT2D eigenvalue weighted by Crippen LogP contribution is 2.31. The summed E-state index contributed by atoms with van der Waals surface area (Å²) in [6, 6.07) is 4.31. The molecular formula is C27H35FN4O3S. The van der Waals surface area contributed by atoms with Crippen LogP contribution in [0, 0.1) is 25.7 Å². The molecular weight excluding hydrogens is 479 g/mol. The Morgan fingerprint density at radius 3 is 2.50 bits per heavy atom. The molecule has 0 aliphatic carbocycles. The maximum atomic E-state index is 14.9. The second-order valence-electron chi connectivity index (χ2n) is 9.86. The van der Waals surface area contributed by atoms with Gasteiger partial charge in [0.25, 0.3) is 0 Å². The number of aryl methyl sites for hydroxylation is 2. The van der Waals surface area contributed by atoms with Crippen LogP contribution in [-0.4, -0.2) is 46.2 Å². The molecule has 0 bridgehead atoms. The van der Waals surface area contributed by atoms with Crippen LogP contribution < -0.4 is 11.1 Å². The third-order valence-corrected chi connectivity index (χ3v) is 7.57. The molecule has 1 aromatic heterocycles. The Balaban J connectivity index is 1.78. The van der Waals surface area contributed by atoms with E-state index >= 15 is 0 Å². The van der Waals surface area contributed by atoms with Gasteiger partial charge in [-0.2, -0.15) is 0 Å². The zero-order valence-electron chi connectivity index (χ0n) is 21.7. The van der Waals surface area contributed by atoms with Crippen LogP contribution in [0.1, 0.15) is 57.0 Å². The molecule has 2 heterocycles. The van der Waals surface area contributed by atoms with Crippen LogP contribution in [0.15, 0.2) is 35.5 Å². The van der Waals surface area contributed by atoms with Crippen LogP contribution in [0.3, 0.4) is 0 Å². The summed E-state index contributed by atoms with van der Waals surface area (Å²) in [4.78, 5) is 45.9. The minimum atomic E-state index is -1.51. The van der Waals surface area contributed by atoms with E-state index in [0.717, 1.165) is 27.3 Å². The molecule has 4 atom stereocenters. The number of carbonyl (C=O) groups excluding carboxylic acids is 3. The lowest BCUT2D eigenvalue weighted by molar-refractivity contribution is -0.147. The van der Waals surface area contributed by atoms with Gasteiger partial charge in [0.15, 0.2) is 5.78 Å². The quantitative estimate of drug-likeness (QED) is 0.405. The molecule has 1 aliphatic heterocycles. The molecule has 3 unspecified atom stereocenters. The number of allylic oxidation sites excluding steroid dienone is 2. The van der Waals surface area contributed by atoms with Gasteiger partial charge >= 0.3 is 0 Å². The van der Waals surface area contributed by atoms with E-state index in [1.165, 1.54) is 11.0 Å². The predicted molar refractivity (Wildman–Crippen MR) is 140 cm³/mol. The van der Waals surface area contributed by atoms with E-state index in [0.29, 0.717) is 5.70 Å². The first-order valence-electron chi connectivity index (χ1n) is 12.2. The number of rotatable bonds is 8. The number of hydrogen-bond donors (Lipinski definition) is 2. The predicted octanol–water partition coefficient (Wildman–Crippen LogP) is 4.25. The Kier molecular flexibility index (Phi) is 8.66. The zero-order chi connectivity index (χ0) is 26.7. The molecule has 36 heavy (non-hydrogen) atoms. The molecule has 2 aromatic rings. The highest BCUT2D eigenvalue weighted by Gasteiger charge is 2.46. The topological polar surface area (TPSA) is 105 Å². The second kappa shape index (κ2) is 11.3. The number of halogens is 1. The number of benzene rings is 1. The van der Waals surface area contributed by atoms with Crippen LogP contribution in [0.4, 0.5) is 4.39 Å². The van der Waals surface area contributed by atoms with Crippen molar-refractivity contribution in [3.05, 3.63) is 52.3 Å². The Labute approximate surface area is 216 Å². The molecule has 1 fully saturated rings. The first kappa shape index (κ1) is 27.5. The summed E-state index contributed by atoms with van der Waals surface area (Å²) in [5.74, 6) is -2.89. The lowest BCUT2D eigenvalue weighted by atomic mass is 9.89. The fourth-order valence-electron chi connectivity index (χ4n) is 4.79. The van der Waals surface area contributed by atoms with Crippen molar-refractivity contribution in [3.63, 3.8) is 0 Å². The normalized spacial score (nSPS) is 19.9. The fraction of sp³-hybridized carbons (Fsp3) is 0.481. The van der Waals surface area contributed by atoms with Gasteiger partial charge in [0.05, 0.1) is 22.1 Å². The van der Waals surface area contributed by atoms with E-state index in [2.05, 4.69) is 10.3 Å². The molecule has 2 amide bonds. The summed E-state index contributed by atoms with van der Waals surface area (Å²) in [6.07, 6.45) is -0.234. The number of carbonyl (C=O) groups is 3. The summed E-state index contributed by atoms with van der Waals surface area (Å²) >= 11 is 1.57. The van der Waals surface area contributed by atoms with Gasteiger partial charge in [-0.3, -0.25) is 14.4 Å². The molecule has 3 N–H and O–H groups in total. The summed E-state index contributed by atoms with van der Waals surface area (Å²) in [6.45, 7) is 10.9. The number of alkyl halides is 1. The minimum Gasteiger partial charge on any atom is -0.402 e. The van der Waals surface area contributed by atoms with Gasteiger partial charge in [-0.15, -0.1) is 11.3 Å². The van der Waals surface area contributed by atoms with Gasteiger partial charge in [0.1, 0.15) is 18.1 Å². The van der Waals surface area contributed by atoms with Crippen LogP contribution >= 0.6 is 11.3 Å². The minimum absolute atomic E-state index is 0.0465. The zero-order valence-corrected chi connectivity index (χ0v) is 22.5. The number of nitrogens with two attached hydrogens (primary N) is 1. The monoisotopic (exact) mass is 514 g/mol. The van der Waals surface area contributed by atoms with E-state index in [1.54, 1.807) is 32.1 Å². The number of aromatic nitrogens is 1. The lowest BCUT2D eigenvalue weighted by Gasteiger charge is -2.30. The van der Waals surface area contributed by atoms with E-state index in [1.807, 2.05) is 44.5 Å². The first-order valence-corrected chi connectivity index (χ1v) is 13.0. The van der Waals surface area contributed by atoms with Gasteiger partial charge in [-0.05, 0) is 56.7 Å². The fourth-order valence-corrected chi connectivity index (χ4v) is 5.60. The Morgan fingerprint density at radius 1 is 1.25 bits per heavy atom. The second-order valence-corrected chi connectivity index (χ2v) is 10.7. The third kappa shape index (κ3) is 5.83. The number of thiazole rings is 1. The smallest absolute Gasteiger partial charge is 0.246 e. The van der Waals surface area contributed by atoms with Gasteiger partial charge in [0.2, 0.25) is 11.8 Å². The van der Waals surface area contributed by atoms with Crippen LogP contribution in [0.2, 0.25) is 0 Å². The van der Waals surface area contributed by atoms with Crippen molar-refractivity contribution in [3.8, 4) is 10.4 Å². The van der Waals surface area contributed by atoms with E-state index in [9.17, 15) is 18.8 Å². The standard InChI is InChI=1S/C27H35FN4O3S/c1-14(2)23(22(33)12-16(4)29)27(35)32-10-9-21(28)24(32)26(34)31-17(5)20-8-7-19(11-15(20)3)25-18(6)30-13-36-25/h7-8,11-14,17,21,23-24H,9-10,29H2,1-6H3,(H,31,34)/t17?,21-,23?,24?/m0/s1. The van der Waals surface area contributed by atoms with Gasteiger partial charge < -0.3 is 16.0 Å². The van der Waals surface area contributed by atoms with Crippen molar-refractivity contribution >= 4 is 28.9 Å². The maximum absolute atomic E-state index is 14.9. The Hall–Kier alpha value is -3.07. The van der Waals surface area contributed by atoms with Crippen molar-refractivity contribution in [1.29, 1.82) is 0 Å². The first-order chi connectivity index (χ1) is 16.9. The number of nitrogens with one attached hydrogen (secondary N) is 1. The molecule has 1 aromatic carbocycles. The molecule has 9 heteroatoms. The number of likely N-dealkylation sites (tertiary alicyclic amines) is 1. The Bertz CT molecular complexity index is 1170. The van der Waals surface area contributed by atoms with Crippen molar-refractivity contribution in [2.45, 2.75) is 66.2 Å². The molecule has 3 rings (SSSR count). The highest BCUT2D eigenvalue weighted by atomic mass is 32.1. The van der Waals surface area contributed by atoms with Gasteiger partial charge in [-0.1, -0.05) is 32.0 Å². The maximum Gasteiger partial charge on any atom is 0.246 e. The highest BCUT2D eigenvalue weighted by molar-refractivity contribution is 7.13.